The molecule has 8 nitrogen and oxygen atoms in total. The van der Waals surface area contributed by atoms with Crippen molar-refractivity contribution in [2.75, 3.05) is 12.4 Å². The molecule has 1 aliphatic rings. The molecule has 0 unspecified atom stereocenters. The Kier molecular flexibility index (Phi) is 6.12. The zero-order valence-electron chi connectivity index (χ0n) is 20.4. The van der Waals surface area contributed by atoms with E-state index in [0.717, 1.165) is 44.6 Å². The van der Waals surface area contributed by atoms with E-state index in [1.165, 1.54) is 12.0 Å². The topological polar surface area (TPSA) is 105 Å². The third-order valence-electron chi connectivity index (χ3n) is 6.31. The van der Waals surface area contributed by atoms with Gasteiger partial charge in [0.15, 0.2) is 5.82 Å². The molecule has 1 N–H and O–H groups in total. The Morgan fingerprint density at radius 3 is 2.61 bits per heavy atom. The van der Waals surface area contributed by atoms with Gasteiger partial charge in [0.1, 0.15) is 22.9 Å². The summed E-state index contributed by atoms with van der Waals surface area (Å²) >= 11 is 1.67. The van der Waals surface area contributed by atoms with Gasteiger partial charge in [-0.3, -0.25) is 14.4 Å². The number of aliphatic imine (C=N–C) groups is 1. The molecule has 0 saturated heterocycles. The van der Waals surface area contributed by atoms with E-state index in [-0.39, 0.29) is 12.4 Å². The van der Waals surface area contributed by atoms with Gasteiger partial charge >= 0.3 is 5.97 Å². The molecular formula is C27H24N6O2S. The van der Waals surface area contributed by atoms with E-state index in [0.29, 0.717) is 11.4 Å². The summed E-state index contributed by atoms with van der Waals surface area (Å²) in [7, 11) is 1.38. The van der Waals surface area contributed by atoms with Crippen molar-refractivity contribution in [2.24, 2.45) is 4.99 Å². The summed E-state index contributed by atoms with van der Waals surface area (Å²) < 4.78 is 6.97. The van der Waals surface area contributed by atoms with Crippen molar-refractivity contribution < 1.29 is 9.53 Å². The maximum atomic E-state index is 12.3. The average molecular weight is 497 g/mol. The van der Waals surface area contributed by atoms with E-state index in [2.05, 4.69) is 35.4 Å². The highest BCUT2D eigenvalue weighted by atomic mass is 32.1. The fourth-order valence-electron chi connectivity index (χ4n) is 4.32. The molecular weight excluding hydrogens is 472 g/mol. The highest BCUT2D eigenvalue weighted by Crippen LogP contribution is 2.39. The van der Waals surface area contributed by atoms with E-state index < -0.39 is 6.04 Å². The summed E-state index contributed by atoms with van der Waals surface area (Å²) in [4.78, 5) is 18.5. The maximum Gasteiger partial charge on any atom is 0.308 e. The fraction of sp³-hybridized carbons (Fsp3) is 0.222. The number of carbonyl (C=O) groups excluding carboxylic acids is 1. The lowest BCUT2D eigenvalue weighted by Gasteiger charge is -2.13. The Hall–Kier alpha value is -4.29. The number of esters is 1. The van der Waals surface area contributed by atoms with Crippen molar-refractivity contribution in [3.8, 4) is 11.1 Å². The second-order valence-electron chi connectivity index (χ2n) is 8.54. The normalized spacial score (nSPS) is 14.2. The van der Waals surface area contributed by atoms with Crippen LogP contribution in [0.5, 0.6) is 0 Å². The Bertz CT molecular complexity index is 1540. The Morgan fingerprint density at radius 2 is 1.89 bits per heavy atom. The third kappa shape index (κ3) is 4.06. The van der Waals surface area contributed by atoms with Crippen LogP contribution in [0.25, 0.3) is 5.00 Å². The minimum absolute atomic E-state index is 0.0652. The summed E-state index contributed by atoms with van der Waals surface area (Å²) in [6.07, 6.45) is 0.0652. The number of ether oxygens (including phenoxy) is 1. The number of aryl methyl sites for hydroxylation is 2. The van der Waals surface area contributed by atoms with Gasteiger partial charge < -0.3 is 10.1 Å². The van der Waals surface area contributed by atoms with Crippen molar-refractivity contribution >= 4 is 34.4 Å². The van der Waals surface area contributed by atoms with Gasteiger partial charge in [-0.25, -0.2) is 0 Å². The lowest BCUT2D eigenvalue weighted by molar-refractivity contribution is -0.141. The molecule has 0 bridgehead atoms. The van der Waals surface area contributed by atoms with Gasteiger partial charge in [0.25, 0.3) is 0 Å². The van der Waals surface area contributed by atoms with E-state index in [1.54, 1.807) is 17.4 Å². The molecule has 0 fully saturated rings. The number of nitrogens with one attached hydrogen (secondary N) is 1. The second kappa shape index (κ2) is 9.40. The van der Waals surface area contributed by atoms with Crippen LogP contribution >= 0.6 is 11.3 Å². The zero-order chi connectivity index (χ0) is 25.4. The van der Waals surface area contributed by atoms with E-state index in [4.69, 9.17) is 9.73 Å². The predicted octanol–water partition coefficient (Wildman–Crippen LogP) is 5.32. The van der Waals surface area contributed by atoms with E-state index >= 15 is 0 Å². The number of para-hydroxylation sites is 1. The quantitative estimate of drug-likeness (QED) is 0.375. The molecule has 1 atom stereocenters. The molecule has 3 heterocycles. The SMILES string of the molecule is COC(=O)C[C@@H]1N=C(c2ccc(Nc3ccccc3C#N)cc2)c2c(sc(C)c2C)-n2c(C)nnc21. The first-order valence-corrected chi connectivity index (χ1v) is 12.3. The van der Waals surface area contributed by atoms with Gasteiger partial charge in [-0.2, -0.15) is 5.26 Å². The second-order valence-corrected chi connectivity index (χ2v) is 9.74. The summed E-state index contributed by atoms with van der Waals surface area (Å²) in [5, 5.41) is 22.4. The molecule has 5 rings (SSSR count). The highest BCUT2D eigenvalue weighted by Gasteiger charge is 2.32. The van der Waals surface area contributed by atoms with Crippen LogP contribution in [0.2, 0.25) is 0 Å². The van der Waals surface area contributed by atoms with Crippen LogP contribution in [-0.4, -0.2) is 33.6 Å². The van der Waals surface area contributed by atoms with Gasteiger partial charge in [-0.15, -0.1) is 21.5 Å². The van der Waals surface area contributed by atoms with Crippen LogP contribution in [-0.2, 0) is 9.53 Å². The van der Waals surface area contributed by atoms with Crippen LogP contribution in [0.15, 0.2) is 53.5 Å². The van der Waals surface area contributed by atoms with Gasteiger partial charge in [0.2, 0.25) is 0 Å². The standard InChI is InChI=1S/C27H24N6O2S/c1-15-16(2)36-27-24(15)25(30-22(13-23(34)35-4)26-32-31-17(3)33(26)27)18-9-11-20(12-10-18)29-21-8-6-5-7-19(21)14-28/h5-12,22,29H,13H2,1-4H3/t22-/m0/s1. The minimum atomic E-state index is -0.534. The fourth-order valence-corrected chi connectivity index (χ4v) is 5.54. The first-order valence-electron chi connectivity index (χ1n) is 11.4. The van der Waals surface area contributed by atoms with Crippen LogP contribution in [0, 0.1) is 32.1 Å². The maximum absolute atomic E-state index is 12.3. The smallest absolute Gasteiger partial charge is 0.308 e. The van der Waals surface area contributed by atoms with Crippen LogP contribution in [0.3, 0.4) is 0 Å². The average Bonchev–Trinajstić information content (AvgIpc) is 3.36. The van der Waals surface area contributed by atoms with Crippen LogP contribution < -0.4 is 5.32 Å². The molecule has 0 aliphatic carbocycles. The Labute approximate surface area is 212 Å². The van der Waals surface area contributed by atoms with Gasteiger partial charge in [0.05, 0.1) is 30.5 Å². The van der Waals surface area contributed by atoms with Crippen LogP contribution in [0.4, 0.5) is 11.4 Å². The summed E-state index contributed by atoms with van der Waals surface area (Å²) in [5.41, 5.74) is 6.05. The molecule has 0 radical (unpaired) electrons. The number of thiophene rings is 1. The number of nitrogens with zero attached hydrogens (tertiary/aromatic N) is 5. The molecule has 2 aromatic heterocycles. The zero-order valence-corrected chi connectivity index (χ0v) is 21.2. The number of fused-ring (bicyclic) bond motifs is 3. The lowest BCUT2D eigenvalue weighted by atomic mass is 9.99. The Morgan fingerprint density at radius 1 is 1.14 bits per heavy atom. The number of anilines is 2. The first kappa shape index (κ1) is 23.5. The van der Waals surface area contributed by atoms with Crippen molar-refractivity contribution in [2.45, 2.75) is 33.2 Å². The molecule has 9 heteroatoms. The minimum Gasteiger partial charge on any atom is -0.469 e. The number of hydrogen-bond acceptors (Lipinski definition) is 8. The van der Waals surface area contributed by atoms with Gasteiger partial charge in [0, 0.05) is 21.7 Å². The van der Waals surface area contributed by atoms with Gasteiger partial charge in [-0.1, -0.05) is 24.3 Å². The number of benzene rings is 2. The van der Waals surface area contributed by atoms with Crippen molar-refractivity contribution in [3.05, 3.63) is 87.3 Å². The molecule has 0 amide bonds. The molecule has 180 valence electrons. The number of aromatic nitrogens is 3. The summed E-state index contributed by atoms with van der Waals surface area (Å²) in [5.74, 6) is 1.01. The molecule has 0 spiro atoms. The molecule has 2 aromatic carbocycles. The molecule has 4 aromatic rings. The van der Waals surface area contributed by atoms with Crippen molar-refractivity contribution in [1.82, 2.24) is 14.8 Å². The van der Waals surface area contributed by atoms with Crippen LogP contribution in [0.1, 0.15) is 51.2 Å². The number of hydrogen-bond donors (Lipinski definition) is 1. The number of carbonyl (C=O) groups is 1. The monoisotopic (exact) mass is 496 g/mol. The first-order chi connectivity index (χ1) is 17.4. The highest BCUT2D eigenvalue weighted by molar-refractivity contribution is 7.15. The Balaban J connectivity index is 1.61. The molecule has 0 saturated carbocycles. The summed E-state index contributed by atoms with van der Waals surface area (Å²) in [6, 6.07) is 17.0. The lowest BCUT2D eigenvalue weighted by Crippen LogP contribution is -2.12. The number of rotatable bonds is 5. The van der Waals surface area contributed by atoms with Gasteiger partial charge in [-0.05, 0) is 50.6 Å². The predicted molar refractivity (Wildman–Crippen MR) is 139 cm³/mol. The number of methoxy groups -OCH3 is 1. The van der Waals surface area contributed by atoms with Crippen molar-refractivity contribution in [1.29, 1.82) is 5.26 Å². The molecule has 1 aliphatic heterocycles. The molecule has 36 heavy (non-hydrogen) atoms. The van der Waals surface area contributed by atoms with E-state index in [9.17, 15) is 10.1 Å². The third-order valence-corrected chi connectivity index (χ3v) is 7.50. The number of nitriles is 1. The van der Waals surface area contributed by atoms with Crippen molar-refractivity contribution in [3.63, 3.8) is 0 Å². The van der Waals surface area contributed by atoms with E-state index in [1.807, 2.05) is 54.0 Å². The largest absolute Gasteiger partial charge is 0.469 e. The summed E-state index contributed by atoms with van der Waals surface area (Å²) in [6.45, 7) is 6.09.